The normalized spacial score (nSPS) is 18.8. The van der Waals surface area contributed by atoms with E-state index < -0.39 is 5.54 Å². The predicted octanol–water partition coefficient (Wildman–Crippen LogP) is 16.6. The number of hydrogen-bond acceptors (Lipinski definition) is 3. The first-order valence-corrected chi connectivity index (χ1v) is 27.3. The van der Waals surface area contributed by atoms with E-state index in [0.29, 0.717) is 0 Å². The summed E-state index contributed by atoms with van der Waals surface area (Å²) >= 11 is 0. The Morgan fingerprint density at radius 2 is 0.959 bits per heavy atom. The van der Waals surface area contributed by atoms with Crippen LogP contribution in [0.4, 0.5) is 45.5 Å². The summed E-state index contributed by atoms with van der Waals surface area (Å²) in [4.78, 5) is 7.99. The molecule has 3 nitrogen and oxygen atoms in total. The van der Waals surface area contributed by atoms with Gasteiger partial charge < -0.3 is 14.7 Å². The molecule has 2 atom stereocenters. The molecule has 0 aromatic heterocycles. The van der Waals surface area contributed by atoms with Crippen molar-refractivity contribution in [1.29, 1.82) is 0 Å². The largest absolute Gasteiger partial charge is 0.330 e. The molecule has 1 aliphatic carbocycles. The molecule has 12 rings (SSSR count). The maximum absolute atomic E-state index is 2.77. The first-order chi connectivity index (χ1) is 35.0. The lowest BCUT2D eigenvalue weighted by Gasteiger charge is -2.53. The molecule has 8 aromatic rings. The second-order valence-corrected chi connectivity index (χ2v) is 26.5. The molecule has 8 aromatic carbocycles. The van der Waals surface area contributed by atoms with Crippen molar-refractivity contribution in [3.05, 3.63) is 220 Å². The van der Waals surface area contributed by atoms with Crippen molar-refractivity contribution in [2.24, 2.45) is 0 Å². The molecule has 0 saturated carbocycles. The molecule has 0 bridgehead atoms. The molecule has 0 N–H and O–H groups in total. The van der Waals surface area contributed by atoms with Crippen molar-refractivity contribution >= 4 is 68.6 Å². The topological polar surface area (TPSA) is 9.72 Å². The van der Waals surface area contributed by atoms with Gasteiger partial charge in [0.25, 0.3) is 6.71 Å². The number of aryl methyl sites for hydroxylation is 2. The Balaban J connectivity index is 1.16. The number of fused-ring (bicyclic) bond motifs is 9. The SMILES string of the molecule is Cc1cc2c3c(c1)N(c1cccc(C(C)(C)C)c1)c1cc(C(C)(C)C)ccc1B3c1ccc(N3c4ccc(C(C)(C)C)cc4C4(c5ccccc5)CCc5ccccc5C34C)cc1N2c1ccc(C(C)(C)C)cc1. The number of rotatable bonds is 4. The van der Waals surface area contributed by atoms with Gasteiger partial charge in [0.05, 0.1) is 11.0 Å². The standard InChI is InChI=1S/C70H74BN3/c1-45-39-62-64-63(40-45)73(53-25-20-24-49(41-53)66(5,6)7)60-43-51(68(11,12)13)29-34-57(60)71(64)58-35-33-54(44-61(58)72(62)52-31-27-47(28-32-52)65(2,3)4)74-59-36-30-50(67(8,9)10)42-56(59)70(48-22-16-15-17-23-48)38-37-46-21-18-19-26-55(46)69(70,74)14/h15-36,39-44H,37-38H2,1-14H3. The van der Waals surface area contributed by atoms with E-state index in [2.05, 4.69) is 281 Å². The highest BCUT2D eigenvalue weighted by Crippen LogP contribution is 2.67. The maximum Gasteiger partial charge on any atom is 0.252 e. The van der Waals surface area contributed by atoms with E-state index in [1.165, 1.54) is 112 Å². The van der Waals surface area contributed by atoms with Crippen LogP contribution in [-0.4, -0.2) is 6.71 Å². The highest BCUT2D eigenvalue weighted by molar-refractivity contribution is 7.00. The lowest BCUT2D eigenvalue weighted by atomic mass is 9.33. The molecule has 74 heavy (non-hydrogen) atoms. The van der Waals surface area contributed by atoms with Crippen molar-refractivity contribution < 1.29 is 0 Å². The van der Waals surface area contributed by atoms with Gasteiger partial charge in [-0.15, -0.1) is 0 Å². The van der Waals surface area contributed by atoms with Crippen LogP contribution in [-0.2, 0) is 39.0 Å². The van der Waals surface area contributed by atoms with Gasteiger partial charge in [-0.3, -0.25) is 0 Å². The molecule has 4 heteroatoms. The van der Waals surface area contributed by atoms with Crippen molar-refractivity contribution in [3.63, 3.8) is 0 Å². The Morgan fingerprint density at radius 1 is 0.419 bits per heavy atom. The summed E-state index contributed by atoms with van der Waals surface area (Å²) in [6.45, 7) is 32.9. The lowest BCUT2D eigenvalue weighted by molar-refractivity contribution is 0.270. The minimum Gasteiger partial charge on any atom is -0.330 e. The molecule has 2 unspecified atom stereocenters. The van der Waals surface area contributed by atoms with Crippen molar-refractivity contribution in [2.75, 3.05) is 14.7 Å². The third kappa shape index (κ3) is 7.13. The van der Waals surface area contributed by atoms with Crippen LogP contribution in [0.25, 0.3) is 0 Å². The summed E-state index contributed by atoms with van der Waals surface area (Å²) in [5, 5.41) is 0. The zero-order valence-corrected chi connectivity index (χ0v) is 46.5. The fourth-order valence-electron chi connectivity index (χ4n) is 13.7. The summed E-state index contributed by atoms with van der Waals surface area (Å²) in [6, 6.07) is 67.0. The highest BCUT2D eigenvalue weighted by atomic mass is 15.3. The Labute approximate surface area is 443 Å². The molecule has 0 amide bonds. The van der Waals surface area contributed by atoms with Crippen LogP contribution in [0.15, 0.2) is 170 Å². The Hall–Kier alpha value is -6.78. The smallest absolute Gasteiger partial charge is 0.252 e. The molecule has 372 valence electrons. The van der Waals surface area contributed by atoms with E-state index in [1.807, 2.05) is 0 Å². The Morgan fingerprint density at radius 3 is 1.62 bits per heavy atom. The van der Waals surface area contributed by atoms with Gasteiger partial charge in [-0.05, 0) is 175 Å². The summed E-state index contributed by atoms with van der Waals surface area (Å²) in [6.07, 6.45) is 2.03. The van der Waals surface area contributed by atoms with E-state index >= 15 is 0 Å². The average Bonchev–Trinajstić information content (AvgIpc) is 3.62. The van der Waals surface area contributed by atoms with Crippen LogP contribution in [0.3, 0.4) is 0 Å². The van der Waals surface area contributed by atoms with E-state index in [-0.39, 0.29) is 33.8 Å². The van der Waals surface area contributed by atoms with E-state index in [9.17, 15) is 0 Å². The fourth-order valence-corrected chi connectivity index (χ4v) is 13.7. The number of hydrogen-bond donors (Lipinski definition) is 0. The maximum atomic E-state index is 2.77. The molecule has 0 spiro atoms. The van der Waals surface area contributed by atoms with Crippen LogP contribution in [0.2, 0.25) is 0 Å². The van der Waals surface area contributed by atoms with Gasteiger partial charge in [0.1, 0.15) is 0 Å². The third-order valence-corrected chi connectivity index (χ3v) is 17.7. The van der Waals surface area contributed by atoms with Gasteiger partial charge in [-0.2, -0.15) is 0 Å². The molecular formula is C70H74BN3. The zero-order valence-electron chi connectivity index (χ0n) is 46.5. The van der Waals surface area contributed by atoms with Gasteiger partial charge >= 0.3 is 0 Å². The molecule has 4 aliphatic rings. The first-order valence-electron chi connectivity index (χ1n) is 27.3. The number of anilines is 8. The Bertz CT molecular complexity index is 3540. The second-order valence-electron chi connectivity index (χ2n) is 26.5. The van der Waals surface area contributed by atoms with Crippen molar-refractivity contribution in [3.8, 4) is 0 Å². The number of nitrogens with zero attached hydrogens (tertiary/aromatic N) is 3. The molecule has 0 fully saturated rings. The van der Waals surface area contributed by atoms with Crippen LogP contribution in [0, 0.1) is 6.92 Å². The monoisotopic (exact) mass is 968 g/mol. The lowest BCUT2D eigenvalue weighted by Crippen LogP contribution is -2.61. The fraction of sp³-hybridized carbons (Fsp3) is 0.314. The summed E-state index contributed by atoms with van der Waals surface area (Å²) in [7, 11) is 0. The number of benzene rings is 8. The summed E-state index contributed by atoms with van der Waals surface area (Å²) in [5.74, 6) is 0. The second kappa shape index (κ2) is 16.4. The zero-order chi connectivity index (χ0) is 52.1. The van der Waals surface area contributed by atoms with Gasteiger partial charge in [0.15, 0.2) is 0 Å². The molecule has 3 heterocycles. The predicted molar refractivity (Wildman–Crippen MR) is 318 cm³/mol. The van der Waals surface area contributed by atoms with Crippen LogP contribution in [0.5, 0.6) is 0 Å². The molecule has 0 saturated heterocycles. The van der Waals surface area contributed by atoms with Crippen LogP contribution < -0.4 is 31.1 Å². The first kappa shape index (κ1) is 48.2. The highest BCUT2D eigenvalue weighted by Gasteiger charge is 2.63. The molecule has 3 aliphatic heterocycles. The summed E-state index contributed by atoms with van der Waals surface area (Å²) < 4.78 is 0. The van der Waals surface area contributed by atoms with E-state index in [4.69, 9.17) is 0 Å². The van der Waals surface area contributed by atoms with E-state index in [1.54, 1.807) is 0 Å². The van der Waals surface area contributed by atoms with Gasteiger partial charge in [-0.25, -0.2) is 0 Å². The van der Waals surface area contributed by atoms with Gasteiger partial charge in [0.2, 0.25) is 0 Å². The third-order valence-electron chi connectivity index (χ3n) is 17.7. The van der Waals surface area contributed by atoms with Crippen LogP contribution in [0.1, 0.15) is 147 Å². The molecule has 0 radical (unpaired) electrons. The minimum absolute atomic E-state index is 0.00423. The van der Waals surface area contributed by atoms with Crippen molar-refractivity contribution in [1.82, 2.24) is 0 Å². The van der Waals surface area contributed by atoms with Crippen molar-refractivity contribution in [2.45, 2.75) is 142 Å². The molecular weight excluding hydrogens is 894 g/mol. The quantitative estimate of drug-likeness (QED) is 0.163. The Kier molecular flexibility index (Phi) is 10.7. The summed E-state index contributed by atoms with van der Waals surface area (Å²) in [5.41, 5.74) is 25.3. The van der Waals surface area contributed by atoms with E-state index in [0.717, 1.165) is 12.8 Å². The minimum atomic E-state index is -0.464. The van der Waals surface area contributed by atoms with Gasteiger partial charge in [-0.1, -0.05) is 192 Å². The van der Waals surface area contributed by atoms with Crippen LogP contribution >= 0.6 is 0 Å². The average molecular weight is 968 g/mol. The van der Waals surface area contributed by atoms with Gasteiger partial charge in [0, 0.05) is 45.5 Å².